The lowest BCUT2D eigenvalue weighted by Crippen LogP contribution is -2.40. The van der Waals surface area contributed by atoms with Gasteiger partial charge in [0.2, 0.25) is 5.82 Å². The molecule has 1 fully saturated rings. The summed E-state index contributed by atoms with van der Waals surface area (Å²) in [6.07, 6.45) is 4.93. The molecule has 6 nitrogen and oxygen atoms in total. The lowest BCUT2D eigenvalue weighted by Gasteiger charge is -2.33. The quantitative estimate of drug-likeness (QED) is 0.785. The summed E-state index contributed by atoms with van der Waals surface area (Å²) in [6, 6.07) is 4.08. The molecule has 0 amide bonds. The smallest absolute Gasteiger partial charge is 0.217 e. The second-order valence-electron chi connectivity index (χ2n) is 5.92. The molecule has 2 aromatic rings. The highest BCUT2D eigenvalue weighted by molar-refractivity contribution is 5.45. The summed E-state index contributed by atoms with van der Waals surface area (Å²) < 4.78 is 13.0. The molecule has 3 rings (SSSR count). The standard InChI is InChI=1S/C17H26N4O2/c1-3-5-8-21-17(14(4-2)20-9-12-22-13-10-20)18-16(19-21)15-7-6-11-23-15/h6-7,11,14H,3-5,8-10,12-13H2,1-2H3/t14-/m0/s1. The molecule has 0 bridgehead atoms. The first kappa shape index (κ1) is 16.2. The third-order valence-electron chi connectivity index (χ3n) is 4.34. The zero-order valence-corrected chi connectivity index (χ0v) is 14.1. The minimum absolute atomic E-state index is 0.284. The van der Waals surface area contributed by atoms with Gasteiger partial charge in [0.15, 0.2) is 5.76 Å². The molecule has 0 radical (unpaired) electrons. The maximum absolute atomic E-state index is 5.49. The van der Waals surface area contributed by atoms with E-state index in [4.69, 9.17) is 19.2 Å². The van der Waals surface area contributed by atoms with Crippen LogP contribution in [0.4, 0.5) is 0 Å². The highest BCUT2D eigenvalue weighted by Crippen LogP contribution is 2.26. The number of nitrogens with zero attached hydrogens (tertiary/aromatic N) is 4. The normalized spacial score (nSPS) is 17.5. The number of ether oxygens (including phenoxy) is 1. The van der Waals surface area contributed by atoms with E-state index in [0.717, 1.165) is 63.7 Å². The van der Waals surface area contributed by atoms with E-state index in [0.29, 0.717) is 5.82 Å². The second kappa shape index (κ2) is 7.75. The molecule has 1 saturated heterocycles. The van der Waals surface area contributed by atoms with Crippen molar-refractivity contribution in [2.45, 2.75) is 45.7 Å². The van der Waals surface area contributed by atoms with Crippen LogP contribution in [0.1, 0.15) is 45.0 Å². The average molecular weight is 318 g/mol. The molecule has 0 aromatic carbocycles. The number of aryl methyl sites for hydroxylation is 1. The third kappa shape index (κ3) is 3.64. The van der Waals surface area contributed by atoms with Gasteiger partial charge < -0.3 is 9.15 Å². The van der Waals surface area contributed by atoms with Crippen LogP contribution >= 0.6 is 0 Å². The number of aromatic nitrogens is 3. The minimum atomic E-state index is 0.284. The predicted molar refractivity (Wildman–Crippen MR) is 88.1 cm³/mol. The number of unbranched alkanes of at least 4 members (excludes halogenated alkanes) is 1. The molecule has 6 heteroatoms. The number of hydrogen-bond donors (Lipinski definition) is 0. The SMILES string of the molecule is CCCCn1nc(-c2ccco2)nc1[C@H](CC)N1CCOCC1. The van der Waals surface area contributed by atoms with Gasteiger partial charge in [0.1, 0.15) is 5.82 Å². The van der Waals surface area contributed by atoms with Crippen molar-refractivity contribution in [1.82, 2.24) is 19.7 Å². The molecule has 0 spiro atoms. The zero-order valence-electron chi connectivity index (χ0n) is 14.1. The molecule has 1 aliphatic heterocycles. The summed E-state index contributed by atoms with van der Waals surface area (Å²) in [5, 5.41) is 4.71. The van der Waals surface area contributed by atoms with E-state index in [1.165, 1.54) is 0 Å². The van der Waals surface area contributed by atoms with Gasteiger partial charge in [0, 0.05) is 19.6 Å². The summed E-state index contributed by atoms with van der Waals surface area (Å²) in [4.78, 5) is 7.29. The van der Waals surface area contributed by atoms with Crippen molar-refractivity contribution in [2.24, 2.45) is 0 Å². The summed E-state index contributed by atoms with van der Waals surface area (Å²) in [5.74, 6) is 2.47. The molecule has 0 aliphatic carbocycles. The lowest BCUT2D eigenvalue weighted by molar-refractivity contribution is 0.0124. The van der Waals surface area contributed by atoms with E-state index >= 15 is 0 Å². The van der Waals surface area contributed by atoms with Crippen molar-refractivity contribution in [1.29, 1.82) is 0 Å². The van der Waals surface area contributed by atoms with Crippen molar-refractivity contribution >= 4 is 0 Å². The first-order chi connectivity index (χ1) is 11.3. The van der Waals surface area contributed by atoms with Gasteiger partial charge in [-0.05, 0) is 25.0 Å². The van der Waals surface area contributed by atoms with Gasteiger partial charge >= 0.3 is 0 Å². The Labute approximate surface area is 137 Å². The highest BCUT2D eigenvalue weighted by Gasteiger charge is 2.27. The van der Waals surface area contributed by atoms with Gasteiger partial charge in [0.25, 0.3) is 0 Å². The largest absolute Gasteiger partial charge is 0.461 e. The summed E-state index contributed by atoms with van der Waals surface area (Å²) in [5.41, 5.74) is 0. The molecule has 0 N–H and O–H groups in total. The van der Waals surface area contributed by atoms with Gasteiger partial charge in [-0.25, -0.2) is 9.67 Å². The Hall–Kier alpha value is -1.66. The van der Waals surface area contributed by atoms with Crippen LogP contribution in [-0.4, -0.2) is 46.0 Å². The van der Waals surface area contributed by atoms with Crippen molar-refractivity contribution in [3.63, 3.8) is 0 Å². The van der Waals surface area contributed by atoms with E-state index in [1.807, 2.05) is 12.1 Å². The van der Waals surface area contributed by atoms with E-state index in [1.54, 1.807) is 6.26 Å². The summed E-state index contributed by atoms with van der Waals surface area (Å²) in [6.45, 7) is 8.81. The fourth-order valence-electron chi connectivity index (χ4n) is 3.08. The van der Waals surface area contributed by atoms with Gasteiger partial charge in [0.05, 0.1) is 25.5 Å². The zero-order chi connectivity index (χ0) is 16.1. The maximum atomic E-state index is 5.49. The fraction of sp³-hybridized carbons (Fsp3) is 0.647. The molecule has 0 saturated carbocycles. The molecule has 0 unspecified atom stereocenters. The van der Waals surface area contributed by atoms with Crippen LogP contribution in [0.5, 0.6) is 0 Å². The number of morpholine rings is 1. The number of hydrogen-bond acceptors (Lipinski definition) is 5. The molecular weight excluding hydrogens is 292 g/mol. The average Bonchev–Trinajstić information content (AvgIpc) is 3.24. The van der Waals surface area contributed by atoms with Gasteiger partial charge in [-0.15, -0.1) is 5.10 Å². The van der Waals surface area contributed by atoms with E-state index in [9.17, 15) is 0 Å². The molecule has 126 valence electrons. The van der Waals surface area contributed by atoms with E-state index in [-0.39, 0.29) is 6.04 Å². The van der Waals surface area contributed by atoms with Crippen LogP contribution in [0, 0.1) is 0 Å². The Kier molecular flexibility index (Phi) is 5.46. The Morgan fingerprint density at radius 2 is 2.09 bits per heavy atom. The lowest BCUT2D eigenvalue weighted by atomic mass is 10.1. The van der Waals surface area contributed by atoms with Crippen molar-refractivity contribution in [3.8, 4) is 11.6 Å². The van der Waals surface area contributed by atoms with E-state index in [2.05, 4.69) is 23.4 Å². The summed E-state index contributed by atoms with van der Waals surface area (Å²) in [7, 11) is 0. The van der Waals surface area contributed by atoms with Crippen LogP contribution < -0.4 is 0 Å². The Bertz CT molecular complexity index is 588. The van der Waals surface area contributed by atoms with Crippen molar-refractivity contribution in [3.05, 3.63) is 24.2 Å². The van der Waals surface area contributed by atoms with Crippen LogP contribution in [0.15, 0.2) is 22.8 Å². The number of rotatable bonds is 7. The van der Waals surface area contributed by atoms with E-state index < -0.39 is 0 Å². The molecular formula is C17H26N4O2. The molecule has 1 aliphatic rings. The fourth-order valence-corrected chi connectivity index (χ4v) is 3.08. The van der Waals surface area contributed by atoms with Crippen LogP contribution in [-0.2, 0) is 11.3 Å². The second-order valence-corrected chi connectivity index (χ2v) is 5.92. The van der Waals surface area contributed by atoms with Gasteiger partial charge in [-0.3, -0.25) is 4.90 Å². The van der Waals surface area contributed by atoms with Crippen LogP contribution in [0.2, 0.25) is 0 Å². The molecule has 3 heterocycles. The van der Waals surface area contributed by atoms with Crippen LogP contribution in [0.25, 0.3) is 11.6 Å². The topological polar surface area (TPSA) is 56.3 Å². The minimum Gasteiger partial charge on any atom is -0.461 e. The molecule has 2 aromatic heterocycles. The Morgan fingerprint density at radius 1 is 1.26 bits per heavy atom. The van der Waals surface area contributed by atoms with Crippen LogP contribution in [0.3, 0.4) is 0 Å². The van der Waals surface area contributed by atoms with Gasteiger partial charge in [-0.1, -0.05) is 20.3 Å². The highest BCUT2D eigenvalue weighted by atomic mass is 16.5. The van der Waals surface area contributed by atoms with Crippen molar-refractivity contribution < 1.29 is 9.15 Å². The predicted octanol–water partition coefficient (Wildman–Crippen LogP) is 3.12. The summed E-state index contributed by atoms with van der Waals surface area (Å²) >= 11 is 0. The first-order valence-electron chi connectivity index (χ1n) is 8.63. The number of furan rings is 1. The third-order valence-corrected chi connectivity index (χ3v) is 4.34. The van der Waals surface area contributed by atoms with Crippen molar-refractivity contribution in [2.75, 3.05) is 26.3 Å². The molecule has 23 heavy (non-hydrogen) atoms. The Balaban J connectivity index is 1.90. The van der Waals surface area contributed by atoms with Gasteiger partial charge in [-0.2, -0.15) is 0 Å². The molecule has 1 atom stereocenters. The monoisotopic (exact) mass is 318 g/mol. The first-order valence-corrected chi connectivity index (χ1v) is 8.63. The maximum Gasteiger partial charge on any atom is 0.217 e. The Morgan fingerprint density at radius 3 is 2.74 bits per heavy atom.